The maximum absolute atomic E-state index is 11.1. The van der Waals surface area contributed by atoms with Crippen LogP contribution in [0.3, 0.4) is 0 Å². The summed E-state index contributed by atoms with van der Waals surface area (Å²) < 4.78 is 26.6. The monoisotopic (exact) mass is 324 g/mol. The Morgan fingerprint density at radius 3 is 2.23 bits per heavy atom. The average Bonchev–Trinajstić information content (AvgIpc) is 2.06. The van der Waals surface area contributed by atoms with Crippen LogP contribution in [0.4, 0.5) is 0 Å². The number of rotatable bonds is 3. The quantitative estimate of drug-likeness (QED) is 0.626. The maximum atomic E-state index is 11.1. The largest absolute Gasteiger partial charge is 0.388 e. The van der Waals surface area contributed by atoms with Crippen molar-refractivity contribution < 1.29 is 54.3 Å². The maximum Gasteiger partial charge on any atom is 0.338 e. The van der Waals surface area contributed by atoms with Crippen molar-refractivity contribution in [3.63, 3.8) is 0 Å². The number of hydrogen-bond donors (Lipinski definition) is 0. The van der Waals surface area contributed by atoms with E-state index in [-0.39, 0.29) is 46.6 Å². The van der Waals surface area contributed by atoms with Gasteiger partial charge in [-0.25, -0.2) is 0 Å². The van der Waals surface area contributed by atoms with Gasteiger partial charge < -0.3 is 4.18 Å². The van der Waals surface area contributed by atoms with Gasteiger partial charge in [-0.3, -0.25) is 0 Å². The minimum absolute atomic E-state index is 0. The molecule has 0 aromatic heterocycles. The summed E-state index contributed by atoms with van der Waals surface area (Å²) in [5.74, 6) is 0. The van der Waals surface area contributed by atoms with Gasteiger partial charge >= 0.3 is 10.1 Å². The van der Waals surface area contributed by atoms with Crippen LogP contribution >= 0.6 is 0 Å². The zero-order valence-electron chi connectivity index (χ0n) is 6.80. The van der Waals surface area contributed by atoms with Crippen molar-refractivity contribution in [2.45, 2.75) is 4.90 Å². The summed E-state index contributed by atoms with van der Waals surface area (Å²) in [6, 6.07) is 7.89. The van der Waals surface area contributed by atoms with Crippen molar-refractivity contribution in [1.82, 2.24) is 0 Å². The smallest absolute Gasteiger partial charge is 0.338 e. The van der Waals surface area contributed by atoms with Gasteiger partial charge in [0, 0.05) is 41.7 Å². The van der Waals surface area contributed by atoms with Crippen LogP contribution in [-0.2, 0) is 14.3 Å². The number of benzene rings is 1. The molecule has 0 aliphatic rings. The van der Waals surface area contributed by atoms with Crippen LogP contribution in [-0.4, -0.2) is 8.42 Å². The van der Waals surface area contributed by atoms with Crippen LogP contribution in [0.1, 0.15) is 0 Å². The molecule has 0 unspecified atom stereocenters. The van der Waals surface area contributed by atoms with Crippen molar-refractivity contribution in [2.24, 2.45) is 0 Å². The molecule has 0 saturated heterocycles. The van der Waals surface area contributed by atoms with E-state index in [1.54, 1.807) is 18.2 Å². The van der Waals surface area contributed by atoms with Gasteiger partial charge in [-0.2, -0.15) is 8.42 Å². The molecule has 0 bridgehead atoms. The summed E-state index contributed by atoms with van der Waals surface area (Å²) >= 11 is 0. The predicted octanol–water partition coefficient (Wildman–Crippen LogP) is 1.54. The molecule has 0 saturated carbocycles. The van der Waals surface area contributed by atoms with Crippen LogP contribution in [0.2, 0.25) is 0 Å². The minimum atomic E-state index is -3.63. The summed E-state index contributed by atoms with van der Waals surface area (Å²) in [6.45, 7) is 3.17. The molecule has 0 fully saturated rings. The zero-order chi connectivity index (χ0) is 9.03. The molecule has 0 atom stereocenters. The Labute approximate surface area is 111 Å². The van der Waals surface area contributed by atoms with Crippen molar-refractivity contribution in [3.05, 3.63) is 43.2 Å². The molecule has 1 aromatic carbocycles. The molecule has 1 aromatic rings. The average molecular weight is 324 g/mol. The molecule has 0 aliphatic heterocycles. The second-order valence-electron chi connectivity index (χ2n) is 2.03. The molecule has 0 amide bonds. The molecule has 68 valence electrons. The fraction of sp³-hybridized carbons (Fsp3) is 0. The Kier molecular flexibility index (Phi) is 5.78. The normalized spacial score (nSPS) is 9.85. The van der Waals surface area contributed by atoms with Gasteiger partial charge in [0.25, 0.3) is 0 Å². The van der Waals surface area contributed by atoms with Gasteiger partial charge in [0.1, 0.15) is 4.90 Å². The van der Waals surface area contributed by atoms with Crippen molar-refractivity contribution in [2.75, 3.05) is 0 Å². The van der Waals surface area contributed by atoms with Gasteiger partial charge in [-0.05, 0) is 12.1 Å². The van der Waals surface area contributed by atoms with E-state index in [1.807, 2.05) is 0 Å². The zero-order valence-corrected chi connectivity index (χ0v) is 10.8. The Bertz CT molecular complexity index is 358. The Balaban J connectivity index is 0.00000144. The molecule has 3 nitrogen and oxygen atoms in total. The molecule has 0 spiro atoms. The summed E-state index contributed by atoms with van der Waals surface area (Å²) in [4.78, 5) is 0.130. The van der Waals surface area contributed by atoms with E-state index in [1.165, 1.54) is 12.1 Å². The second-order valence-corrected chi connectivity index (χ2v) is 3.60. The van der Waals surface area contributed by atoms with Gasteiger partial charge in [0.15, 0.2) is 0 Å². The molecule has 13 heavy (non-hydrogen) atoms. The van der Waals surface area contributed by atoms with E-state index in [4.69, 9.17) is 0 Å². The second kappa shape index (κ2) is 5.74. The molecular weight excluding hydrogens is 316 g/mol. The predicted molar refractivity (Wildman–Crippen MR) is 44.9 cm³/mol. The SMILES string of the molecule is C=COS(=O)(=O)c1ccccc1.[Ce]. The van der Waals surface area contributed by atoms with E-state index in [2.05, 4.69) is 10.8 Å². The Morgan fingerprint density at radius 2 is 1.77 bits per heavy atom. The third-order valence-corrected chi connectivity index (χ3v) is 2.47. The third kappa shape index (κ3) is 3.76. The molecule has 0 N–H and O–H groups in total. The third-order valence-electron chi connectivity index (χ3n) is 1.23. The summed E-state index contributed by atoms with van der Waals surface area (Å²) in [5, 5.41) is 0. The van der Waals surface area contributed by atoms with E-state index in [0.29, 0.717) is 0 Å². The topological polar surface area (TPSA) is 43.4 Å². The first kappa shape index (κ1) is 13.1. The van der Waals surface area contributed by atoms with Crippen LogP contribution < -0.4 is 0 Å². The number of hydrogen-bond acceptors (Lipinski definition) is 3. The summed E-state index contributed by atoms with van der Waals surface area (Å²) in [6.07, 6.45) is 0.891. The Hall–Kier alpha value is 0.0866. The van der Waals surface area contributed by atoms with Crippen molar-refractivity contribution in [3.8, 4) is 0 Å². The van der Waals surface area contributed by atoms with Crippen molar-refractivity contribution >= 4 is 10.1 Å². The first-order valence-corrected chi connectivity index (χ1v) is 4.67. The van der Waals surface area contributed by atoms with E-state index in [0.717, 1.165) is 6.26 Å². The van der Waals surface area contributed by atoms with Crippen LogP contribution in [0.25, 0.3) is 0 Å². The van der Waals surface area contributed by atoms with Crippen LogP contribution in [0.5, 0.6) is 0 Å². The van der Waals surface area contributed by atoms with Gasteiger partial charge in [-0.1, -0.05) is 24.8 Å². The molecule has 5 heteroatoms. The fourth-order valence-electron chi connectivity index (χ4n) is 0.732. The fourth-order valence-corrected chi connectivity index (χ4v) is 1.51. The summed E-state index contributed by atoms with van der Waals surface area (Å²) in [5.41, 5.74) is 0. The molecule has 1 rings (SSSR count). The van der Waals surface area contributed by atoms with Crippen molar-refractivity contribution in [1.29, 1.82) is 0 Å². The van der Waals surface area contributed by atoms with Gasteiger partial charge in [0.05, 0.1) is 6.26 Å². The van der Waals surface area contributed by atoms with E-state index in [9.17, 15) is 8.42 Å². The molecule has 0 aliphatic carbocycles. The Morgan fingerprint density at radius 1 is 1.23 bits per heavy atom. The van der Waals surface area contributed by atoms with Crippen LogP contribution in [0, 0.1) is 41.7 Å². The molecule has 0 radical (unpaired) electrons. The van der Waals surface area contributed by atoms with E-state index >= 15 is 0 Å². The van der Waals surface area contributed by atoms with Crippen LogP contribution in [0.15, 0.2) is 48.1 Å². The molecular formula is C8H8CeO3S. The van der Waals surface area contributed by atoms with Gasteiger partial charge in [0.2, 0.25) is 0 Å². The van der Waals surface area contributed by atoms with Gasteiger partial charge in [-0.15, -0.1) is 0 Å². The minimum Gasteiger partial charge on any atom is -0.388 e. The van der Waals surface area contributed by atoms with E-state index < -0.39 is 10.1 Å². The first-order chi connectivity index (χ1) is 5.67. The summed E-state index contributed by atoms with van der Waals surface area (Å²) in [7, 11) is -3.63. The standard InChI is InChI=1S/C8H8O3S.Ce/c1-2-11-12(9,10)8-6-4-3-5-7-8;/h2-7H,1H2;. The first-order valence-electron chi connectivity index (χ1n) is 3.26. The molecule has 0 heterocycles.